The number of benzene rings is 1. The van der Waals surface area contributed by atoms with Gasteiger partial charge in [-0.05, 0) is 43.9 Å². The van der Waals surface area contributed by atoms with Crippen LogP contribution in [0.1, 0.15) is 19.3 Å². The SMILES string of the molecule is c1ccc(N2CCC3NCCCC3C2)cc1. The molecule has 2 aliphatic rings. The number of nitrogens with one attached hydrogen (secondary N) is 1. The Morgan fingerprint density at radius 3 is 2.88 bits per heavy atom. The molecule has 2 nitrogen and oxygen atoms in total. The lowest BCUT2D eigenvalue weighted by Crippen LogP contribution is -2.52. The number of nitrogens with zero attached hydrogens (tertiary/aromatic N) is 1. The van der Waals surface area contributed by atoms with Gasteiger partial charge in [-0.3, -0.25) is 0 Å². The molecule has 0 spiro atoms. The second-order valence-corrected chi connectivity index (χ2v) is 5.03. The predicted octanol–water partition coefficient (Wildman–Crippen LogP) is 2.26. The van der Waals surface area contributed by atoms with E-state index in [-0.39, 0.29) is 0 Å². The van der Waals surface area contributed by atoms with Gasteiger partial charge in [0.1, 0.15) is 0 Å². The van der Waals surface area contributed by atoms with Crippen LogP contribution in [0.25, 0.3) is 0 Å². The highest BCUT2D eigenvalue weighted by Crippen LogP contribution is 2.27. The Labute approximate surface area is 97.6 Å². The number of fused-ring (bicyclic) bond motifs is 1. The van der Waals surface area contributed by atoms with E-state index in [0.717, 1.165) is 12.0 Å². The molecule has 0 aromatic heterocycles. The molecule has 0 saturated carbocycles. The molecule has 2 unspecified atom stereocenters. The minimum Gasteiger partial charge on any atom is -0.371 e. The van der Waals surface area contributed by atoms with Crippen LogP contribution in [-0.2, 0) is 0 Å². The molecule has 2 heteroatoms. The highest BCUT2D eigenvalue weighted by atomic mass is 15.2. The third-order valence-corrected chi connectivity index (χ3v) is 4.01. The van der Waals surface area contributed by atoms with Gasteiger partial charge in [0.05, 0.1) is 0 Å². The lowest BCUT2D eigenvalue weighted by Gasteiger charge is -2.42. The first-order valence-electron chi connectivity index (χ1n) is 6.47. The average molecular weight is 216 g/mol. The summed E-state index contributed by atoms with van der Waals surface area (Å²) >= 11 is 0. The molecular formula is C14H20N2. The molecule has 2 heterocycles. The molecule has 1 aromatic rings. The van der Waals surface area contributed by atoms with Crippen molar-refractivity contribution in [3.05, 3.63) is 30.3 Å². The fourth-order valence-corrected chi connectivity index (χ4v) is 3.12. The number of rotatable bonds is 1. The third-order valence-electron chi connectivity index (χ3n) is 4.01. The highest BCUT2D eigenvalue weighted by molar-refractivity contribution is 5.46. The van der Waals surface area contributed by atoms with Gasteiger partial charge in [0.2, 0.25) is 0 Å². The van der Waals surface area contributed by atoms with Gasteiger partial charge in [0.25, 0.3) is 0 Å². The summed E-state index contributed by atoms with van der Waals surface area (Å²) < 4.78 is 0. The van der Waals surface area contributed by atoms with Gasteiger partial charge in [-0.25, -0.2) is 0 Å². The summed E-state index contributed by atoms with van der Waals surface area (Å²) in [6.07, 6.45) is 4.06. The standard InChI is InChI=1S/C14H20N2/c1-2-6-13(7-3-1)16-10-8-14-12(11-16)5-4-9-15-14/h1-3,6-7,12,14-15H,4-5,8-11H2. The van der Waals surface area contributed by atoms with Crippen molar-refractivity contribution in [3.8, 4) is 0 Å². The summed E-state index contributed by atoms with van der Waals surface area (Å²) in [6, 6.07) is 11.6. The second-order valence-electron chi connectivity index (χ2n) is 5.03. The van der Waals surface area contributed by atoms with Crippen molar-refractivity contribution < 1.29 is 0 Å². The van der Waals surface area contributed by atoms with Crippen molar-refractivity contribution in [3.63, 3.8) is 0 Å². The van der Waals surface area contributed by atoms with Crippen molar-refractivity contribution in [2.24, 2.45) is 5.92 Å². The monoisotopic (exact) mass is 216 g/mol. The Morgan fingerprint density at radius 2 is 2.00 bits per heavy atom. The minimum absolute atomic E-state index is 0.786. The zero-order valence-electron chi connectivity index (χ0n) is 9.73. The Kier molecular flexibility index (Phi) is 2.83. The first-order valence-corrected chi connectivity index (χ1v) is 6.47. The zero-order chi connectivity index (χ0) is 10.8. The molecule has 0 aliphatic carbocycles. The molecule has 0 amide bonds. The van der Waals surface area contributed by atoms with Crippen LogP contribution in [0.4, 0.5) is 5.69 Å². The Morgan fingerprint density at radius 1 is 1.12 bits per heavy atom. The number of hydrogen-bond acceptors (Lipinski definition) is 2. The van der Waals surface area contributed by atoms with Crippen molar-refractivity contribution in [1.29, 1.82) is 0 Å². The van der Waals surface area contributed by atoms with Crippen LogP contribution in [0.3, 0.4) is 0 Å². The normalized spacial score (nSPS) is 29.9. The maximum absolute atomic E-state index is 3.67. The maximum Gasteiger partial charge on any atom is 0.0366 e. The van der Waals surface area contributed by atoms with Gasteiger partial charge in [0, 0.05) is 24.8 Å². The highest BCUT2D eigenvalue weighted by Gasteiger charge is 2.30. The molecule has 86 valence electrons. The van der Waals surface area contributed by atoms with E-state index in [1.165, 1.54) is 44.6 Å². The van der Waals surface area contributed by atoms with Crippen molar-refractivity contribution in [2.75, 3.05) is 24.5 Å². The van der Waals surface area contributed by atoms with Crippen molar-refractivity contribution in [1.82, 2.24) is 5.32 Å². The van der Waals surface area contributed by atoms with Crippen molar-refractivity contribution in [2.45, 2.75) is 25.3 Å². The lowest BCUT2D eigenvalue weighted by atomic mass is 9.85. The topological polar surface area (TPSA) is 15.3 Å². The van der Waals surface area contributed by atoms with Crippen LogP contribution in [0.5, 0.6) is 0 Å². The van der Waals surface area contributed by atoms with E-state index in [4.69, 9.17) is 0 Å². The predicted molar refractivity (Wildman–Crippen MR) is 67.8 cm³/mol. The number of para-hydroxylation sites is 1. The smallest absolute Gasteiger partial charge is 0.0366 e. The molecule has 0 bridgehead atoms. The molecule has 3 rings (SSSR count). The molecular weight excluding hydrogens is 196 g/mol. The molecule has 2 atom stereocenters. The Bertz CT molecular complexity index is 336. The van der Waals surface area contributed by atoms with E-state index in [2.05, 4.69) is 40.5 Å². The molecule has 2 fully saturated rings. The van der Waals surface area contributed by atoms with Gasteiger partial charge in [0.15, 0.2) is 0 Å². The first-order chi connectivity index (χ1) is 7.93. The average Bonchev–Trinajstić information content (AvgIpc) is 2.39. The quantitative estimate of drug-likeness (QED) is 0.774. The molecule has 2 saturated heterocycles. The maximum atomic E-state index is 3.67. The molecule has 1 aromatic carbocycles. The van der Waals surface area contributed by atoms with Gasteiger partial charge in [-0.2, -0.15) is 0 Å². The van der Waals surface area contributed by atoms with Crippen LogP contribution in [0, 0.1) is 5.92 Å². The third kappa shape index (κ3) is 1.94. The molecule has 2 aliphatic heterocycles. The van der Waals surface area contributed by atoms with E-state index >= 15 is 0 Å². The fourth-order valence-electron chi connectivity index (χ4n) is 3.12. The second kappa shape index (κ2) is 4.46. The van der Waals surface area contributed by atoms with Crippen LogP contribution < -0.4 is 10.2 Å². The van der Waals surface area contributed by atoms with Crippen molar-refractivity contribution >= 4 is 5.69 Å². The molecule has 16 heavy (non-hydrogen) atoms. The zero-order valence-corrected chi connectivity index (χ0v) is 9.73. The Balaban J connectivity index is 1.71. The Hall–Kier alpha value is -1.02. The van der Waals surface area contributed by atoms with Gasteiger partial charge in [-0.15, -0.1) is 0 Å². The fraction of sp³-hybridized carbons (Fsp3) is 0.571. The largest absolute Gasteiger partial charge is 0.371 e. The van der Waals surface area contributed by atoms with Gasteiger partial charge < -0.3 is 10.2 Å². The minimum atomic E-state index is 0.786. The van der Waals surface area contributed by atoms with E-state index in [0.29, 0.717) is 0 Å². The van der Waals surface area contributed by atoms with Crippen LogP contribution >= 0.6 is 0 Å². The van der Waals surface area contributed by atoms with Crippen LogP contribution in [0.15, 0.2) is 30.3 Å². The summed E-state index contributed by atoms with van der Waals surface area (Å²) in [5.74, 6) is 0.864. The number of anilines is 1. The first kappa shape index (κ1) is 10.2. The van der Waals surface area contributed by atoms with E-state index < -0.39 is 0 Å². The van der Waals surface area contributed by atoms with E-state index in [1.54, 1.807) is 0 Å². The van der Waals surface area contributed by atoms with Gasteiger partial charge in [-0.1, -0.05) is 18.2 Å². The summed E-state index contributed by atoms with van der Waals surface area (Å²) in [4.78, 5) is 2.55. The number of piperidine rings is 2. The summed E-state index contributed by atoms with van der Waals surface area (Å²) in [6.45, 7) is 3.67. The lowest BCUT2D eigenvalue weighted by molar-refractivity contribution is 0.244. The summed E-state index contributed by atoms with van der Waals surface area (Å²) in [5, 5.41) is 3.67. The number of hydrogen-bond donors (Lipinski definition) is 1. The van der Waals surface area contributed by atoms with Crippen LogP contribution in [-0.4, -0.2) is 25.7 Å². The molecule has 0 radical (unpaired) electrons. The van der Waals surface area contributed by atoms with E-state index in [1.807, 2.05) is 0 Å². The summed E-state index contributed by atoms with van der Waals surface area (Å²) in [5.41, 5.74) is 1.39. The van der Waals surface area contributed by atoms with Crippen LogP contribution in [0.2, 0.25) is 0 Å². The molecule has 1 N–H and O–H groups in total. The van der Waals surface area contributed by atoms with E-state index in [9.17, 15) is 0 Å². The summed E-state index contributed by atoms with van der Waals surface area (Å²) in [7, 11) is 0. The van der Waals surface area contributed by atoms with Gasteiger partial charge >= 0.3 is 0 Å².